The predicted octanol–water partition coefficient (Wildman–Crippen LogP) is 3.73. The first-order valence-electron chi connectivity index (χ1n) is 30.8. The number of hydrogen-bond donors (Lipinski definition) is 9. The average Bonchev–Trinajstić information content (AvgIpc) is 3.64. The second kappa shape index (κ2) is 33.9. The zero-order valence-electron chi connectivity index (χ0n) is 49.0. The number of unbranched alkanes of at least 4 members (excludes halogenated alkanes) is 10. The number of aliphatic hydroxyl groups excluding tert-OH is 9. The van der Waals surface area contributed by atoms with E-state index in [1.165, 1.54) is 33.6 Å². The minimum atomic E-state index is -1.88. The number of carbonyl (C=O) groups excluding carboxylic acids is 2. The van der Waals surface area contributed by atoms with Crippen molar-refractivity contribution in [1.29, 1.82) is 0 Å². The van der Waals surface area contributed by atoms with Crippen molar-refractivity contribution in [1.82, 2.24) is 0 Å². The monoisotopic (exact) mass is 1170 g/mol. The molecule has 0 unspecified atom stereocenters. The van der Waals surface area contributed by atoms with Crippen LogP contribution in [0.1, 0.15) is 196 Å². The van der Waals surface area contributed by atoms with Gasteiger partial charge in [0, 0.05) is 12.8 Å². The summed E-state index contributed by atoms with van der Waals surface area (Å²) in [5.74, 6) is -1.41. The van der Waals surface area contributed by atoms with Crippen molar-refractivity contribution in [2.24, 2.45) is 0 Å². The molecule has 0 spiro atoms. The summed E-state index contributed by atoms with van der Waals surface area (Å²) in [5, 5.41) is 101. The number of carbonyl (C=O) groups is 2. The number of ether oxygens (including phenoxy) is 12. The summed E-state index contributed by atoms with van der Waals surface area (Å²) in [7, 11) is 0. The third-order valence-corrected chi connectivity index (χ3v) is 16.9. The standard InChI is InChI=1S/C58H102O23/c1-8-10-12-13-14-15-18-21-26-30-38(60)77-53-52(81-55-45(67)43(65)40(62)32(4)71-55)49(78-54-44(66)42(64)39(61)31(3)70-54)35(7)74-58(53)79-48-34(6)73-57-47(69)51(48)76-37(59)29-25-22-19-16-17-20-24-28-36(27-23-11-9-2)75-56-46(68)50(80-57)41(63)33(5)72-56/h31-36,39-58,61-69H,8-30H2,1-7H3/t31-,32-,33+,34-,35-,36-,39-,40-,41-,42+,43+,44+,45+,46+,47+,48-,49-,50-,51-,52+,53+,54-,55-,56+,57-,58-/m0/s1. The molecule has 0 amide bonds. The first kappa shape index (κ1) is 68.3. The third-order valence-electron chi connectivity index (χ3n) is 16.9. The maximum atomic E-state index is 14.2. The minimum absolute atomic E-state index is 0.0167. The minimum Gasteiger partial charge on any atom is -0.456 e. The summed E-state index contributed by atoms with van der Waals surface area (Å²) >= 11 is 0. The molecular formula is C58H102O23. The molecule has 6 rings (SSSR count). The average molecular weight is 1170 g/mol. The molecule has 6 heterocycles. The van der Waals surface area contributed by atoms with E-state index in [9.17, 15) is 55.5 Å². The third kappa shape index (κ3) is 19.1. The number of fused-ring (bicyclic) bond motifs is 4. The van der Waals surface area contributed by atoms with Gasteiger partial charge in [-0.2, -0.15) is 0 Å². The largest absolute Gasteiger partial charge is 0.456 e. The number of hydrogen-bond acceptors (Lipinski definition) is 23. The molecule has 0 aliphatic carbocycles. The SMILES string of the molecule is CCCCCCCCCCCC(=O)O[C@H]1[C@H](O[C@@H]2[C@H]3OC(=O)CCCCCCCCC[C@H](CCCCC)O[C@H]4O[C@H](C)[C@H](O)[C@H](O[C@H](O[C@H]2C)[C@@H]3O)[C@H]4O)O[C@@H](C)[C@H](O[C@@H]2O[C@@H](C)[C@H](O)[C@@H](O)[C@H]2O)[C@H]1O[C@@H]1O[C@@H](C)[C@H](O)[C@@H](O)[C@H]1O. The van der Waals surface area contributed by atoms with E-state index in [1.54, 1.807) is 13.8 Å². The summed E-state index contributed by atoms with van der Waals surface area (Å²) < 4.78 is 75.5. The summed E-state index contributed by atoms with van der Waals surface area (Å²) in [4.78, 5) is 28.1. The van der Waals surface area contributed by atoms with E-state index < -0.39 is 165 Å². The Kier molecular flexibility index (Phi) is 28.6. The normalized spacial score (nSPS) is 43.5. The van der Waals surface area contributed by atoms with Gasteiger partial charge in [-0.3, -0.25) is 9.59 Å². The molecular weight excluding hydrogens is 1060 g/mol. The highest BCUT2D eigenvalue weighted by molar-refractivity contribution is 5.70. The van der Waals surface area contributed by atoms with Gasteiger partial charge in [-0.15, -0.1) is 0 Å². The fraction of sp³-hybridized carbons (Fsp3) is 0.966. The number of aliphatic hydroxyl groups is 9. The van der Waals surface area contributed by atoms with Crippen LogP contribution in [0.5, 0.6) is 0 Å². The summed E-state index contributed by atoms with van der Waals surface area (Å²) in [6, 6.07) is 0. The molecule has 0 aromatic carbocycles. The Morgan fingerprint density at radius 3 is 1.52 bits per heavy atom. The van der Waals surface area contributed by atoms with Crippen LogP contribution < -0.4 is 0 Å². The van der Waals surface area contributed by atoms with Crippen molar-refractivity contribution >= 4 is 11.9 Å². The molecule has 9 N–H and O–H groups in total. The molecule has 23 nitrogen and oxygen atoms in total. The fourth-order valence-electron chi connectivity index (χ4n) is 11.7. The van der Waals surface area contributed by atoms with Gasteiger partial charge in [0.05, 0.1) is 36.6 Å². The number of rotatable bonds is 21. The van der Waals surface area contributed by atoms with E-state index in [1.807, 2.05) is 0 Å². The molecule has 26 atom stereocenters. The maximum Gasteiger partial charge on any atom is 0.306 e. The van der Waals surface area contributed by atoms with Crippen molar-refractivity contribution in [3.63, 3.8) is 0 Å². The molecule has 0 aromatic heterocycles. The van der Waals surface area contributed by atoms with Gasteiger partial charge in [0.1, 0.15) is 79.4 Å². The van der Waals surface area contributed by atoms with E-state index in [-0.39, 0.29) is 18.9 Å². The van der Waals surface area contributed by atoms with Crippen LogP contribution in [0.15, 0.2) is 0 Å². The van der Waals surface area contributed by atoms with Crippen molar-refractivity contribution < 1.29 is 112 Å². The highest BCUT2D eigenvalue weighted by atomic mass is 16.8. The molecule has 23 heteroatoms. The zero-order chi connectivity index (χ0) is 58.9. The molecule has 6 fully saturated rings. The van der Waals surface area contributed by atoms with Crippen molar-refractivity contribution in [2.75, 3.05) is 0 Å². The summed E-state index contributed by atoms with van der Waals surface area (Å²) in [6.45, 7) is 11.9. The van der Waals surface area contributed by atoms with Gasteiger partial charge in [0.25, 0.3) is 0 Å². The Morgan fingerprint density at radius 2 is 0.901 bits per heavy atom. The highest BCUT2D eigenvalue weighted by Crippen LogP contribution is 2.39. The Bertz CT molecular complexity index is 1800. The Hall–Kier alpha value is -1.82. The van der Waals surface area contributed by atoms with E-state index in [0.717, 1.165) is 109 Å². The fourth-order valence-corrected chi connectivity index (χ4v) is 11.7. The van der Waals surface area contributed by atoms with Gasteiger partial charge >= 0.3 is 11.9 Å². The van der Waals surface area contributed by atoms with Gasteiger partial charge in [-0.25, -0.2) is 0 Å². The quantitative estimate of drug-likeness (QED) is 0.0584. The first-order valence-corrected chi connectivity index (χ1v) is 30.8. The predicted molar refractivity (Wildman–Crippen MR) is 287 cm³/mol. The lowest BCUT2D eigenvalue weighted by atomic mass is 9.95. The molecule has 0 aromatic rings. The van der Waals surface area contributed by atoms with Gasteiger partial charge in [-0.1, -0.05) is 123 Å². The zero-order valence-corrected chi connectivity index (χ0v) is 49.0. The van der Waals surface area contributed by atoms with E-state index in [4.69, 9.17) is 56.8 Å². The maximum absolute atomic E-state index is 14.2. The molecule has 6 aliphatic heterocycles. The van der Waals surface area contributed by atoms with Crippen molar-refractivity contribution in [2.45, 2.75) is 356 Å². The molecule has 0 saturated carbocycles. The van der Waals surface area contributed by atoms with Gasteiger partial charge in [0.15, 0.2) is 43.7 Å². The van der Waals surface area contributed by atoms with Gasteiger partial charge in [0.2, 0.25) is 0 Å². The van der Waals surface area contributed by atoms with Crippen LogP contribution in [-0.2, 0) is 66.4 Å². The topological polar surface area (TPSA) is 327 Å². The summed E-state index contributed by atoms with van der Waals surface area (Å²) in [6.07, 6.45) is -18.9. The van der Waals surface area contributed by atoms with Crippen LogP contribution in [0.3, 0.4) is 0 Å². The second-order valence-corrected chi connectivity index (χ2v) is 23.6. The van der Waals surface area contributed by atoms with E-state index in [2.05, 4.69) is 13.8 Å². The lowest BCUT2D eigenvalue weighted by molar-refractivity contribution is -0.398. The van der Waals surface area contributed by atoms with Gasteiger partial charge < -0.3 is 103 Å². The lowest BCUT2D eigenvalue weighted by Gasteiger charge is -2.51. The van der Waals surface area contributed by atoms with Gasteiger partial charge in [-0.05, 0) is 60.3 Å². The smallest absolute Gasteiger partial charge is 0.306 e. The highest BCUT2D eigenvalue weighted by Gasteiger charge is 2.58. The van der Waals surface area contributed by atoms with Crippen LogP contribution in [0.4, 0.5) is 0 Å². The van der Waals surface area contributed by atoms with Crippen molar-refractivity contribution in [3.05, 3.63) is 0 Å². The Morgan fingerprint density at radius 1 is 0.432 bits per heavy atom. The Balaban J connectivity index is 1.33. The first-order chi connectivity index (χ1) is 38.7. The molecule has 0 radical (unpaired) electrons. The van der Waals surface area contributed by atoms with Crippen LogP contribution in [0.2, 0.25) is 0 Å². The molecule has 472 valence electrons. The number of esters is 2. The summed E-state index contributed by atoms with van der Waals surface area (Å²) in [5.41, 5.74) is 0. The van der Waals surface area contributed by atoms with E-state index >= 15 is 0 Å². The molecule has 81 heavy (non-hydrogen) atoms. The Labute approximate surface area is 478 Å². The lowest BCUT2D eigenvalue weighted by Crippen LogP contribution is -2.68. The molecule has 6 aliphatic rings. The second-order valence-electron chi connectivity index (χ2n) is 23.6. The van der Waals surface area contributed by atoms with Crippen LogP contribution in [0, 0.1) is 0 Å². The molecule has 4 bridgehead atoms. The van der Waals surface area contributed by atoms with Crippen molar-refractivity contribution in [3.8, 4) is 0 Å². The van der Waals surface area contributed by atoms with Crippen LogP contribution in [-0.4, -0.2) is 218 Å². The van der Waals surface area contributed by atoms with Crippen LogP contribution in [0.25, 0.3) is 0 Å². The molecule has 6 saturated heterocycles. The van der Waals surface area contributed by atoms with Crippen LogP contribution >= 0.6 is 0 Å². The van der Waals surface area contributed by atoms with E-state index in [0.29, 0.717) is 12.8 Å².